The molecule has 1 aromatic heterocycles. The van der Waals surface area contributed by atoms with E-state index in [-0.39, 0.29) is 6.61 Å². The van der Waals surface area contributed by atoms with Crippen molar-refractivity contribution in [3.63, 3.8) is 0 Å². The van der Waals surface area contributed by atoms with Gasteiger partial charge in [0.15, 0.2) is 11.5 Å². The number of benzene rings is 2. The molecule has 0 N–H and O–H groups in total. The predicted octanol–water partition coefficient (Wildman–Crippen LogP) is 4.75. The van der Waals surface area contributed by atoms with Crippen LogP contribution >= 0.6 is 0 Å². The molecule has 0 spiro atoms. The van der Waals surface area contributed by atoms with Gasteiger partial charge in [-0.15, -0.1) is 0 Å². The lowest BCUT2D eigenvalue weighted by Crippen LogP contribution is -2.06. The fourth-order valence-electron chi connectivity index (χ4n) is 2.73. The van der Waals surface area contributed by atoms with Gasteiger partial charge < -0.3 is 18.7 Å². The Morgan fingerprint density at radius 3 is 2.59 bits per heavy atom. The van der Waals surface area contributed by atoms with Crippen molar-refractivity contribution in [2.75, 3.05) is 13.7 Å². The monoisotopic (exact) mass is 393 g/mol. The molecule has 0 amide bonds. The molecular formula is C23H23NO5. The average Bonchev–Trinajstić information content (AvgIpc) is 3.07. The summed E-state index contributed by atoms with van der Waals surface area (Å²) in [5.74, 6) is 1.25. The molecule has 3 aromatic rings. The van der Waals surface area contributed by atoms with Crippen molar-refractivity contribution in [2.24, 2.45) is 0 Å². The van der Waals surface area contributed by atoms with Crippen LogP contribution in [-0.4, -0.2) is 24.8 Å². The van der Waals surface area contributed by atoms with E-state index in [0.717, 1.165) is 16.8 Å². The largest absolute Gasteiger partial charge is 0.493 e. The number of hydrogen-bond acceptors (Lipinski definition) is 6. The lowest BCUT2D eigenvalue weighted by atomic mass is 10.2. The number of rotatable bonds is 8. The molecule has 29 heavy (non-hydrogen) atoms. The van der Waals surface area contributed by atoms with Gasteiger partial charge in [0.05, 0.1) is 23.9 Å². The second-order valence-electron chi connectivity index (χ2n) is 6.37. The van der Waals surface area contributed by atoms with E-state index >= 15 is 0 Å². The predicted molar refractivity (Wildman–Crippen MR) is 109 cm³/mol. The third-order valence-electron chi connectivity index (χ3n) is 4.37. The summed E-state index contributed by atoms with van der Waals surface area (Å²) in [7, 11) is 1.52. The second kappa shape index (κ2) is 9.59. The summed E-state index contributed by atoms with van der Waals surface area (Å²) in [6, 6.07) is 14.7. The van der Waals surface area contributed by atoms with E-state index < -0.39 is 5.97 Å². The molecule has 0 radical (unpaired) electrons. The lowest BCUT2D eigenvalue weighted by molar-refractivity contribution is 0.0549. The van der Waals surface area contributed by atoms with Crippen molar-refractivity contribution in [1.82, 2.24) is 5.16 Å². The van der Waals surface area contributed by atoms with Crippen LogP contribution < -0.4 is 9.47 Å². The average molecular weight is 393 g/mol. The number of carbonyl (C=O) groups excluding carboxylic acids is 1. The summed E-state index contributed by atoms with van der Waals surface area (Å²) < 4.78 is 21.6. The van der Waals surface area contributed by atoms with Crippen LogP contribution in [0.1, 0.15) is 32.9 Å². The third-order valence-corrected chi connectivity index (χ3v) is 4.37. The molecule has 0 saturated carbocycles. The van der Waals surface area contributed by atoms with Gasteiger partial charge in [-0.3, -0.25) is 0 Å². The van der Waals surface area contributed by atoms with Gasteiger partial charge in [-0.2, -0.15) is 0 Å². The Labute approximate surface area is 169 Å². The van der Waals surface area contributed by atoms with Gasteiger partial charge in [0.1, 0.15) is 19.0 Å². The molecule has 0 fully saturated rings. The molecule has 150 valence electrons. The SMILES string of the molecule is COc1cc(C(=O)OC/C=C/c2ccccc2)ccc1OCc1c(C)noc1C. The van der Waals surface area contributed by atoms with E-state index in [1.807, 2.05) is 50.3 Å². The maximum absolute atomic E-state index is 12.3. The first-order chi connectivity index (χ1) is 14.1. The number of carbonyl (C=O) groups is 1. The molecule has 2 aromatic carbocycles. The molecule has 0 saturated heterocycles. The summed E-state index contributed by atoms with van der Waals surface area (Å²) in [6.45, 7) is 4.17. The van der Waals surface area contributed by atoms with Gasteiger partial charge in [0.2, 0.25) is 0 Å². The van der Waals surface area contributed by atoms with E-state index in [0.29, 0.717) is 29.4 Å². The Kier molecular flexibility index (Phi) is 6.68. The van der Waals surface area contributed by atoms with Crippen molar-refractivity contribution in [3.05, 3.63) is 82.8 Å². The highest BCUT2D eigenvalue weighted by Gasteiger charge is 2.14. The van der Waals surface area contributed by atoms with Gasteiger partial charge >= 0.3 is 5.97 Å². The highest BCUT2D eigenvalue weighted by atomic mass is 16.5. The van der Waals surface area contributed by atoms with Crippen molar-refractivity contribution in [2.45, 2.75) is 20.5 Å². The Balaban J connectivity index is 1.60. The van der Waals surface area contributed by atoms with Crippen molar-refractivity contribution < 1.29 is 23.5 Å². The Morgan fingerprint density at radius 1 is 1.10 bits per heavy atom. The summed E-state index contributed by atoms with van der Waals surface area (Å²) in [5, 5.41) is 3.91. The molecule has 0 bridgehead atoms. The Morgan fingerprint density at radius 2 is 1.90 bits per heavy atom. The summed E-state index contributed by atoms with van der Waals surface area (Å²) in [5.41, 5.74) is 3.11. The maximum Gasteiger partial charge on any atom is 0.338 e. The van der Waals surface area contributed by atoms with Crippen molar-refractivity contribution in [1.29, 1.82) is 0 Å². The van der Waals surface area contributed by atoms with Gasteiger partial charge in [-0.05, 0) is 43.7 Å². The first kappa shape index (κ1) is 20.2. The number of hydrogen-bond donors (Lipinski definition) is 0. The van der Waals surface area contributed by atoms with E-state index in [9.17, 15) is 4.79 Å². The first-order valence-corrected chi connectivity index (χ1v) is 9.19. The van der Waals surface area contributed by atoms with Crippen molar-refractivity contribution >= 4 is 12.0 Å². The minimum atomic E-state index is -0.432. The van der Waals surface area contributed by atoms with Crippen LogP contribution in [0.15, 0.2) is 59.1 Å². The molecule has 1 heterocycles. The lowest BCUT2D eigenvalue weighted by Gasteiger charge is -2.12. The number of aryl methyl sites for hydroxylation is 2. The van der Waals surface area contributed by atoms with Crippen LogP contribution in [0.5, 0.6) is 11.5 Å². The first-order valence-electron chi connectivity index (χ1n) is 9.19. The van der Waals surface area contributed by atoms with Gasteiger partial charge in [0, 0.05) is 0 Å². The van der Waals surface area contributed by atoms with Crippen LogP contribution in [0.4, 0.5) is 0 Å². The summed E-state index contributed by atoms with van der Waals surface area (Å²) in [4.78, 5) is 12.3. The van der Waals surface area contributed by atoms with Crippen LogP contribution in [0, 0.1) is 13.8 Å². The number of methoxy groups -OCH3 is 1. The minimum absolute atomic E-state index is 0.181. The molecule has 6 heteroatoms. The van der Waals surface area contributed by atoms with Gasteiger partial charge in [-0.1, -0.05) is 41.6 Å². The van der Waals surface area contributed by atoms with Crippen LogP contribution in [0.25, 0.3) is 6.08 Å². The zero-order chi connectivity index (χ0) is 20.6. The van der Waals surface area contributed by atoms with Crippen LogP contribution in [0.3, 0.4) is 0 Å². The molecule has 0 atom stereocenters. The molecule has 0 aliphatic carbocycles. The smallest absolute Gasteiger partial charge is 0.338 e. The fourth-order valence-corrected chi connectivity index (χ4v) is 2.73. The topological polar surface area (TPSA) is 70.8 Å². The second-order valence-corrected chi connectivity index (χ2v) is 6.37. The minimum Gasteiger partial charge on any atom is -0.493 e. The standard InChI is InChI=1S/C23H23NO5/c1-16-20(17(2)29-24-16)15-28-21-12-11-19(14-22(21)26-3)23(25)27-13-7-10-18-8-5-4-6-9-18/h4-12,14H,13,15H2,1-3H3/b10-7+. The van der Waals surface area contributed by atoms with Crippen LogP contribution in [-0.2, 0) is 11.3 Å². The molecular weight excluding hydrogens is 370 g/mol. The van der Waals surface area contributed by atoms with E-state index in [2.05, 4.69) is 5.16 Å². The molecule has 0 aliphatic rings. The van der Waals surface area contributed by atoms with E-state index in [4.69, 9.17) is 18.7 Å². The van der Waals surface area contributed by atoms with Crippen molar-refractivity contribution in [3.8, 4) is 11.5 Å². The van der Waals surface area contributed by atoms with Gasteiger partial charge in [-0.25, -0.2) is 4.79 Å². The molecule has 0 aliphatic heterocycles. The molecule has 0 unspecified atom stereocenters. The Bertz CT molecular complexity index is 972. The normalized spacial score (nSPS) is 10.9. The number of ether oxygens (including phenoxy) is 3. The summed E-state index contributed by atoms with van der Waals surface area (Å²) in [6.07, 6.45) is 3.70. The number of nitrogens with zero attached hydrogens (tertiary/aromatic N) is 1. The summed E-state index contributed by atoms with van der Waals surface area (Å²) >= 11 is 0. The van der Waals surface area contributed by atoms with Gasteiger partial charge in [0.25, 0.3) is 0 Å². The third kappa shape index (κ3) is 5.25. The van der Waals surface area contributed by atoms with E-state index in [1.54, 1.807) is 24.3 Å². The quantitative estimate of drug-likeness (QED) is 0.515. The maximum atomic E-state index is 12.3. The zero-order valence-corrected chi connectivity index (χ0v) is 16.7. The molecule has 6 nitrogen and oxygen atoms in total. The zero-order valence-electron chi connectivity index (χ0n) is 16.7. The van der Waals surface area contributed by atoms with Crippen LogP contribution in [0.2, 0.25) is 0 Å². The fraction of sp³-hybridized carbons (Fsp3) is 0.217. The number of aromatic nitrogens is 1. The van der Waals surface area contributed by atoms with E-state index in [1.165, 1.54) is 7.11 Å². The number of esters is 1. The highest BCUT2D eigenvalue weighted by Crippen LogP contribution is 2.29. The Hall–Kier alpha value is -3.54. The molecule has 3 rings (SSSR count). The highest BCUT2D eigenvalue weighted by molar-refractivity contribution is 5.90.